The fourth-order valence-corrected chi connectivity index (χ4v) is 5.92. The second-order valence-electron chi connectivity index (χ2n) is 6.44. The molecule has 1 saturated heterocycles. The Morgan fingerprint density at radius 1 is 1.22 bits per heavy atom. The highest BCUT2D eigenvalue weighted by molar-refractivity contribution is 8.00. The van der Waals surface area contributed by atoms with Gasteiger partial charge < -0.3 is 4.90 Å². The van der Waals surface area contributed by atoms with Gasteiger partial charge >= 0.3 is 0 Å². The molecule has 1 aromatic rings. The van der Waals surface area contributed by atoms with E-state index in [1.165, 1.54) is 27.1 Å². The standard InChI is InChI=1S/C17H25NO3S2/c1-11-8-12(2)14(4)17(13(11)3)22-9-16(19)18(5)15-6-7-23(20,21)10-15/h8,15H,6-7,9-10H2,1-5H3. The highest BCUT2D eigenvalue weighted by Gasteiger charge is 2.32. The van der Waals surface area contributed by atoms with Gasteiger partial charge in [0.25, 0.3) is 0 Å². The zero-order valence-corrected chi connectivity index (χ0v) is 16.1. The summed E-state index contributed by atoms with van der Waals surface area (Å²) in [5.74, 6) is 0.631. The van der Waals surface area contributed by atoms with Crippen LogP contribution in [-0.2, 0) is 14.6 Å². The summed E-state index contributed by atoms with van der Waals surface area (Å²) in [4.78, 5) is 15.2. The molecule has 128 valence electrons. The minimum Gasteiger partial charge on any atom is -0.341 e. The fraction of sp³-hybridized carbons (Fsp3) is 0.588. The molecule has 0 bridgehead atoms. The van der Waals surface area contributed by atoms with Gasteiger partial charge in [-0.2, -0.15) is 0 Å². The normalized spacial score (nSPS) is 19.8. The molecule has 1 amide bonds. The van der Waals surface area contributed by atoms with Crippen LogP contribution in [0.1, 0.15) is 28.7 Å². The van der Waals surface area contributed by atoms with Gasteiger partial charge in [0, 0.05) is 18.0 Å². The number of nitrogens with zero attached hydrogens (tertiary/aromatic N) is 1. The minimum atomic E-state index is -2.97. The first-order chi connectivity index (χ1) is 10.6. The van der Waals surface area contributed by atoms with Crippen molar-refractivity contribution in [1.82, 2.24) is 4.90 Å². The first-order valence-corrected chi connectivity index (χ1v) is 10.6. The zero-order chi connectivity index (χ0) is 17.4. The van der Waals surface area contributed by atoms with Gasteiger partial charge in [0.2, 0.25) is 5.91 Å². The summed E-state index contributed by atoms with van der Waals surface area (Å²) in [6.45, 7) is 8.34. The molecule has 0 N–H and O–H groups in total. The van der Waals surface area contributed by atoms with Crippen molar-refractivity contribution >= 4 is 27.5 Å². The second kappa shape index (κ2) is 6.85. The van der Waals surface area contributed by atoms with Crippen LogP contribution in [0.15, 0.2) is 11.0 Å². The number of hydrogen-bond acceptors (Lipinski definition) is 4. The fourth-order valence-electron chi connectivity index (χ4n) is 2.92. The van der Waals surface area contributed by atoms with E-state index in [2.05, 4.69) is 33.8 Å². The maximum absolute atomic E-state index is 12.4. The monoisotopic (exact) mass is 355 g/mol. The largest absolute Gasteiger partial charge is 0.341 e. The van der Waals surface area contributed by atoms with Crippen LogP contribution in [0.2, 0.25) is 0 Å². The molecule has 4 nitrogen and oxygen atoms in total. The zero-order valence-electron chi connectivity index (χ0n) is 14.5. The molecule has 0 aliphatic carbocycles. The number of hydrogen-bond donors (Lipinski definition) is 0. The average Bonchev–Trinajstić information content (AvgIpc) is 2.84. The van der Waals surface area contributed by atoms with Crippen molar-refractivity contribution in [2.75, 3.05) is 24.3 Å². The smallest absolute Gasteiger partial charge is 0.232 e. The molecule has 0 spiro atoms. The van der Waals surface area contributed by atoms with Gasteiger partial charge in [0.15, 0.2) is 9.84 Å². The number of aryl methyl sites for hydroxylation is 2. The third-order valence-corrected chi connectivity index (χ3v) is 7.83. The summed E-state index contributed by atoms with van der Waals surface area (Å²) in [7, 11) is -1.25. The number of amides is 1. The third-order valence-electron chi connectivity index (χ3n) is 4.79. The number of thioether (sulfide) groups is 1. The molecule has 1 aliphatic heterocycles. The number of rotatable bonds is 4. The van der Waals surface area contributed by atoms with Crippen molar-refractivity contribution in [3.63, 3.8) is 0 Å². The van der Waals surface area contributed by atoms with Gasteiger partial charge in [-0.3, -0.25) is 4.79 Å². The Morgan fingerprint density at radius 2 is 1.78 bits per heavy atom. The van der Waals surface area contributed by atoms with Gasteiger partial charge in [-0.05, 0) is 56.4 Å². The van der Waals surface area contributed by atoms with E-state index in [4.69, 9.17) is 0 Å². The molecule has 23 heavy (non-hydrogen) atoms. The lowest BCUT2D eigenvalue weighted by atomic mass is 10.0. The summed E-state index contributed by atoms with van der Waals surface area (Å²) >= 11 is 1.56. The lowest BCUT2D eigenvalue weighted by molar-refractivity contribution is -0.128. The SMILES string of the molecule is Cc1cc(C)c(C)c(SCC(=O)N(C)C2CCS(=O)(=O)C2)c1C. The van der Waals surface area contributed by atoms with Crippen molar-refractivity contribution in [3.8, 4) is 0 Å². The molecule has 6 heteroatoms. The average molecular weight is 356 g/mol. The van der Waals surface area contributed by atoms with Crippen LogP contribution >= 0.6 is 11.8 Å². The van der Waals surface area contributed by atoms with Crippen LogP contribution in [0.3, 0.4) is 0 Å². The Labute approximate surface area is 143 Å². The van der Waals surface area contributed by atoms with Gasteiger partial charge in [-0.15, -0.1) is 11.8 Å². The minimum absolute atomic E-state index is 0.00457. The molecular formula is C17H25NO3S2. The van der Waals surface area contributed by atoms with Crippen LogP contribution in [0, 0.1) is 27.7 Å². The van der Waals surface area contributed by atoms with Gasteiger partial charge in [0.1, 0.15) is 0 Å². The van der Waals surface area contributed by atoms with Crippen molar-refractivity contribution in [1.29, 1.82) is 0 Å². The van der Waals surface area contributed by atoms with Crippen LogP contribution in [-0.4, -0.2) is 49.6 Å². The maximum Gasteiger partial charge on any atom is 0.232 e. The lowest BCUT2D eigenvalue weighted by Gasteiger charge is -2.23. The van der Waals surface area contributed by atoms with Gasteiger partial charge in [-0.1, -0.05) is 6.07 Å². The van der Waals surface area contributed by atoms with E-state index in [1.807, 2.05) is 0 Å². The topological polar surface area (TPSA) is 54.5 Å². The molecule has 1 aliphatic rings. The van der Waals surface area contributed by atoms with E-state index in [0.29, 0.717) is 12.2 Å². The number of carbonyl (C=O) groups excluding carboxylic acids is 1. The Bertz CT molecular complexity index is 700. The molecule has 0 aromatic heterocycles. The molecular weight excluding hydrogens is 330 g/mol. The van der Waals surface area contributed by atoms with Crippen LogP contribution in [0.25, 0.3) is 0 Å². The molecule has 2 rings (SSSR count). The summed E-state index contributed by atoms with van der Waals surface area (Å²) in [5, 5.41) is 0. The Balaban J connectivity index is 2.05. The van der Waals surface area contributed by atoms with Crippen molar-refractivity contribution < 1.29 is 13.2 Å². The van der Waals surface area contributed by atoms with Gasteiger partial charge in [-0.25, -0.2) is 8.42 Å². The first-order valence-electron chi connectivity index (χ1n) is 7.78. The summed E-state index contributed by atoms with van der Waals surface area (Å²) < 4.78 is 23.1. The van der Waals surface area contributed by atoms with Gasteiger partial charge in [0.05, 0.1) is 17.3 Å². The predicted octanol–water partition coefficient (Wildman–Crippen LogP) is 2.66. The van der Waals surface area contributed by atoms with E-state index >= 15 is 0 Å². The van der Waals surface area contributed by atoms with Crippen LogP contribution in [0.4, 0.5) is 0 Å². The van der Waals surface area contributed by atoms with Crippen LogP contribution < -0.4 is 0 Å². The summed E-state index contributed by atoms with van der Waals surface area (Å²) in [5.41, 5.74) is 4.91. The molecule has 1 atom stereocenters. The third kappa shape index (κ3) is 4.10. The second-order valence-corrected chi connectivity index (χ2v) is 9.65. The highest BCUT2D eigenvalue weighted by Crippen LogP contribution is 2.31. The Hall–Kier alpha value is -1.01. The van der Waals surface area contributed by atoms with E-state index in [1.54, 1.807) is 23.7 Å². The lowest BCUT2D eigenvalue weighted by Crippen LogP contribution is -2.38. The Kier molecular flexibility index (Phi) is 5.46. The van der Waals surface area contributed by atoms with E-state index < -0.39 is 9.84 Å². The van der Waals surface area contributed by atoms with Crippen LogP contribution in [0.5, 0.6) is 0 Å². The quantitative estimate of drug-likeness (QED) is 0.779. The van der Waals surface area contributed by atoms with E-state index in [-0.39, 0.29) is 23.5 Å². The van der Waals surface area contributed by atoms with Crippen molar-refractivity contribution in [2.24, 2.45) is 0 Å². The Morgan fingerprint density at radius 3 is 2.26 bits per heavy atom. The number of sulfone groups is 1. The molecule has 1 aromatic carbocycles. The molecule has 1 fully saturated rings. The van der Waals surface area contributed by atoms with E-state index in [0.717, 1.165) is 0 Å². The highest BCUT2D eigenvalue weighted by atomic mass is 32.2. The summed E-state index contributed by atoms with van der Waals surface area (Å²) in [6.07, 6.45) is 0.552. The number of benzene rings is 1. The first kappa shape index (κ1) is 18.3. The molecule has 1 unspecified atom stereocenters. The van der Waals surface area contributed by atoms with Crippen molar-refractivity contribution in [2.45, 2.75) is 45.1 Å². The predicted molar refractivity (Wildman–Crippen MR) is 95.9 cm³/mol. The number of carbonyl (C=O) groups is 1. The molecule has 0 radical (unpaired) electrons. The molecule has 0 saturated carbocycles. The van der Waals surface area contributed by atoms with E-state index in [9.17, 15) is 13.2 Å². The molecule has 1 heterocycles. The summed E-state index contributed by atoms with van der Waals surface area (Å²) in [6, 6.07) is 2.00. The van der Waals surface area contributed by atoms with Crippen molar-refractivity contribution in [3.05, 3.63) is 28.3 Å². The maximum atomic E-state index is 12.4.